The average molecular weight is 437 g/mol. The predicted octanol–water partition coefficient (Wildman–Crippen LogP) is 3.36. The Morgan fingerprint density at radius 2 is 1.93 bits per heavy atom. The van der Waals surface area contributed by atoms with E-state index in [4.69, 9.17) is 4.74 Å². The minimum Gasteiger partial charge on any atom is -0.377 e. The molecule has 5 nitrogen and oxygen atoms in total. The summed E-state index contributed by atoms with van der Waals surface area (Å²) < 4.78 is 6.80. The second-order valence-corrected chi connectivity index (χ2v) is 8.81. The number of guanidine groups is 1. The zero-order chi connectivity index (χ0) is 19.2. The molecule has 1 aromatic rings. The Bertz CT molecular complexity index is 611. The van der Waals surface area contributed by atoms with E-state index in [2.05, 4.69) is 74.6 Å². The van der Waals surface area contributed by atoms with E-state index in [-0.39, 0.29) is 0 Å². The van der Waals surface area contributed by atoms with E-state index in [0.717, 1.165) is 49.5 Å². The SMILES string of the molecule is CN=C(NC1CCN(CCOC(C)C)CC1)NC1CC1c1ccc(Br)cc1. The number of hydrogen-bond donors (Lipinski definition) is 2. The van der Waals surface area contributed by atoms with Gasteiger partial charge in [0.1, 0.15) is 0 Å². The van der Waals surface area contributed by atoms with Crippen LogP contribution in [0.4, 0.5) is 0 Å². The fourth-order valence-electron chi connectivity index (χ4n) is 3.69. The summed E-state index contributed by atoms with van der Waals surface area (Å²) in [4.78, 5) is 6.95. The summed E-state index contributed by atoms with van der Waals surface area (Å²) >= 11 is 3.51. The Hall–Kier alpha value is -1.11. The fraction of sp³-hybridized carbons (Fsp3) is 0.667. The molecule has 2 atom stereocenters. The van der Waals surface area contributed by atoms with Crippen molar-refractivity contribution in [3.05, 3.63) is 34.3 Å². The standard InChI is InChI=1S/C21H33BrN4O/c1-15(2)27-13-12-26-10-8-18(9-11-26)24-21(23-3)25-20-14-19(20)16-4-6-17(22)7-5-16/h4-7,15,18-20H,8-14H2,1-3H3,(H2,23,24,25). The van der Waals surface area contributed by atoms with Crippen LogP contribution in [0, 0.1) is 0 Å². The lowest BCUT2D eigenvalue weighted by Gasteiger charge is -2.33. The molecule has 1 aliphatic heterocycles. The summed E-state index contributed by atoms with van der Waals surface area (Å²) in [6.45, 7) is 8.31. The number of aliphatic imine (C=N–C) groups is 1. The fourth-order valence-corrected chi connectivity index (χ4v) is 3.96. The molecular weight excluding hydrogens is 404 g/mol. The lowest BCUT2D eigenvalue weighted by Crippen LogP contribution is -2.49. The van der Waals surface area contributed by atoms with Gasteiger partial charge in [-0.2, -0.15) is 0 Å². The van der Waals surface area contributed by atoms with Gasteiger partial charge in [0.25, 0.3) is 0 Å². The van der Waals surface area contributed by atoms with Crippen LogP contribution in [0.5, 0.6) is 0 Å². The number of piperidine rings is 1. The molecule has 1 aromatic carbocycles. The molecule has 3 rings (SSSR count). The first-order valence-corrected chi connectivity index (χ1v) is 10.9. The Balaban J connectivity index is 1.37. The lowest BCUT2D eigenvalue weighted by molar-refractivity contribution is 0.0532. The van der Waals surface area contributed by atoms with Crippen LogP contribution in [-0.2, 0) is 4.74 Å². The molecule has 6 heteroatoms. The van der Waals surface area contributed by atoms with E-state index in [1.807, 2.05) is 7.05 Å². The third-order valence-corrected chi connectivity index (χ3v) is 5.95. The van der Waals surface area contributed by atoms with Gasteiger partial charge in [0.2, 0.25) is 0 Å². The van der Waals surface area contributed by atoms with Crippen LogP contribution in [0.1, 0.15) is 44.6 Å². The molecule has 2 N–H and O–H groups in total. The first kappa shape index (κ1) is 20.6. The second-order valence-electron chi connectivity index (χ2n) is 7.90. The molecule has 2 fully saturated rings. The highest BCUT2D eigenvalue weighted by Crippen LogP contribution is 2.41. The average Bonchev–Trinajstić information content (AvgIpc) is 3.42. The molecule has 0 amide bonds. The minimum absolute atomic E-state index is 0.322. The molecule has 0 radical (unpaired) electrons. The highest BCUT2D eigenvalue weighted by atomic mass is 79.9. The van der Waals surface area contributed by atoms with Crippen LogP contribution in [-0.4, -0.2) is 62.3 Å². The third kappa shape index (κ3) is 6.47. The number of nitrogens with zero attached hydrogens (tertiary/aromatic N) is 2. The summed E-state index contributed by atoms with van der Waals surface area (Å²) in [6, 6.07) is 9.67. The first-order chi connectivity index (χ1) is 13.0. The number of nitrogens with one attached hydrogen (secondary N) is 2. The maximum absolute atomic E-state index is 5.67. The van der Waals surface area contributed by atoms with Gasteiger partial charge in [-0.05, 0) is 50.8 Å². The van der Waals surface area contributed by atoms with E-state index in [1.165, 1.54) is 12.0 Å². The van der Waals surface area contributed by atoms with E-state index in [0.29, 0.717) is 24.1 Å². The van der Waals surface area contributed by atoms with Gasteiger partial charge in [-0.15, -0.1) is 0 Å². The zero-order valence-electron chi connectivity index (χ0n) is 16.7. The predicted molar refractivity (Wildman–Crippen MR) is 115 cm³/mol. The van der Waals surface area contributed by atoms with Crippen molar-refractivity contribution >= 4 is 21.9 Å². The van der Waals surface area contributed by atoms with Crippen LogP contribution in [0.15, 0.2) is 33.7 Å². The Kier molecular flexibility index (Phi) is 7.56. The summed E-state index contributed by atoms with van der Waals surface area (Å²) in [7, 11) is 1.87. The van der Waals surface area contributed by atoms with Gasteiger partial charge in [0, 0.05) is 49.2 Å². The molecule has 1 heterocycles. The number of rotatable bonds is 7. The van der Waals surface area contributed by atoms with E-state index in [1.54, 1.807) is 0 Å². The molecule has 0 bridgehead atoms. The van der Waals surface area contributed by atoms with Gasteiger partial charge in [-0.25, -0.2) is 0 Å². The van der Waals surface area contributed by atoms with E-state index >= 15 is 0 Å². The Morgan fingerprint density at radius 1 is 1.22 bits per heavy atom. The van der Waals surface area contributed by atoms with Crippen molar-refractivity contribution in [2.45, 2.75) is 57.2 Å². The summed E-state index contributed by atoms with van der Waals surface area (Å²) in [5.74, 6) is 1.54. The van der Waals surface area contributed by atoms with E-state index in [9.17, 15) is 0 Å². The van der Waals surface area contributed by atoms with Gasteiger partial charge < -0.3 is 20.3 Å². The molecule has 0 aromatic heterocycles. The number of likely N-dealkylation sites (tertiary alicyclic amines) is 1. The zero-order valence-corrected chi connectivity index (χ0v) is 18.3. The summed E-state index contributed by atoms with van der Waals surface area (Å²) in [5.41, 5.74) is 1.41. The quantitative estimate of drug-likeness (QED) is 0.508. The van der Waals surface area contributed by atoms with Gasteiger partial charge in [-0.3, -0.25) is 4.99 Å². The lowest BCUT2D eigenvalue weighted by atomic mass is 10.1. The van der Waals surface area contributed by atoms with Crippen molar-refractivity contribution in [1.82, 2.24) is 15.5 Å². The Morgan fingerprint density at radius 3 is 2.56 bits per heavy atom. The smallest absolute Gasteiger partial charge is 0.191 e. The first-order valence-electron chi connectivity index (χ1n) is 10.1. The van der Waals surface area contributed by atoms with Gasteiger partial charge >= 0.3 is 0 Å². The molecule has 27 heavy (non-hydrogen) atoms. The molecule has 150 valence electrons. The van der Waals surface area contributed by atoms with Crippen LogP contribution in [0.2, 0.25) is 0 Å². The summed E-state index contributed by atoms with van der Waals surface area (Å²) in [6.07, 6.45) is 3.81. The van der Waals surface area contributed by atoms with E-state index < -0.39 is 0 Å². The summed E-state index contributed by atoms with van der Waals surface area (Å²) in [5, 5.41) is 7.23. The van der Waals surface area contributed by atoms with Crippen molar-refractivity contribution in [1.29, 1.82) is 0 Å². The number of halogens is 1. The maximum Gasteiger partial charge on any atom is 0.191 e. The highest BCUT2D eigenvalue weighted by Gasteiger charge is 2.39. The van der Waals surface area contributed by atoms with Gasteiger partial charge in [-0.1, -0.05) is 28.1 Å². The molecule has 2 unspecified atom stereocenters. The van der Waals surface area contributed by atoms with Crippen molar-refractivity contribution in [3.8, 4) is 0 Å². The second kappa shape index (κ2) is 9.89. The van der Waals surface area contributed by atoms with Crippen molar-refractivity contribution in [2.75, 3.05) is 33.3 Å². The van der Waals surface area contributed by atoms with Gasteiger partial charge in [0.05, 0.1) is 12.7 Å². The molecule has 1 aliphatic carbocycles. The van der Waals surface area contributed by atoms with Crippen LogP contribution < -0.4 is 10.6 Å². The molecule has 1 saturated heterocycles. The minimum atomic E-state index is 0.322. The van der Waals surface area contributed by atoms with Crippen molar-refractivity contribution in [3.63, 3.8) is 0 Å². The third-order valence-electron chi connectivity index (χ3n) is 5.42. The largest absolute Gasteiger partial charge is 0.377 e. The molecule has 0 spiro atoms. The molecular formula is C21H33BrN4O. The number of ether oxygens (including phenoxy) is 1. The normalized spacial score (nSPS) is 24.3. The topological polar surface area (TPSA) is 48.9 Å². The monoisotopic (exact) mass is 436 g/mol. The maximum atomic E-state index is 5.67. The Labute approximate surface area is 172 Å². The van der Waals surface area contributed by atoms with Crippen molar-refractivity contribution < 1.29 is 4.74 Å². The van der Waals surface area contributed by atoms with Crippen molar-refractivity contribution in [2.24, 2.45) is 4.99 Å². The van der Waals surface area contributed by atoms with Gasteiger partial charge in [0.15, 0.2) is 5.96 Å². The molecule has 2 aliphatic rings. The number of hydrogen-bond acceptors (Lipinski definition) is 3. The van der Waals surface area contributed by atoms with Crippen LogP contribution in [0.25, 0.3) is 0 Å². The van der Waals surface area contributed by atoms with Crippen LogP contribution in [0.3, 0.4) is 0 Å². The van der Waals surface area contributed by atoms with Crippen LogP contribution >= 0.6 is 15.9 Å². The molecule has 1 saturated carbocycles. The highest BCUT2D eigenvalue weighted by molar-refractivity contribution is 9.10. The number of benzene rings is 1.